The first-order valence-electron chi connectivity index (χ1n) is 11.9. The molecule has 5 rings (SSSR count). The molecule has 170 valence electrons. The highest BCUT2D eigenvalue weighted by Crippen LogP contribution is 2.29. The Bertz CT molecular complexity index is 1140. The Morgan fingerprint density at radius 3 is 2.09 bits per heavy atom. The van der Waals surface area contributed by atoms with Crippen LogP contribution < -0.4 is 0 Å². The molecule has 0 amide bonds. The first kappa shape index (κ1) is 21.8. The lowest BCUT2D eigenvalue weighted by atomic mass is 9.96. The van der Waals surface area contributed by atoms with Crippen LogP contribution in [0.2, 0.25) is 0 Å². The summed E-state index contributed by atoms with van der Waals surface area (Å²) in [5.74, 6) is 0.956. The monoisotopic (exact) mass is 440 g/mol. The Morgan fingerprint density at radius 2 is 1.48 bits per heavy atom. The van der Waals surface area contributed by atoms with Gasteiger partial charge in [0.1, 0.15) is 5.82 Å². The number of aliphatic hydroxyl groups excluding tert-OH is 1. The number of nitrogens with zero attached hydrogens (tertiary/aromatic N) is 4. The van der Waals surface area contributed by atoms with Gasteiger partial charge in [-0.2, -0.15) is 0 Å². The summed E-state index contributed by atoms with van der Waals surface area (Å²) in [5, 5.41) is 9.34. The zero-order chi connectivity index (χ0) is 22.6. The van der Waals surface area contributed by atoms with Crippen molar-refractivity contribution in [3.05, 3.63) is 101 Å². The summed E-state index contributed by atoms with van der Waals surface area (Å²) in [6, 6.07) is 28.6. The van der Waals surface area contributed by atoms with E-state index >= 15 is 0 Å². The maximum atomic E-state index is 9.34. The van der Waals surface area contributed by atoms with Gasteiger partial charge < -0.3 is 9.67 Å². The van der Waals surface area contributed by atoms with E-state index in [-0.39, 0.29) is 6.61 Å². The lowest BCUT2D eigenvalue weighted by molar-refractivity contribution is 0.105. The summed E-state index contributed by atoms with van der Waals surface area (Å²) in [6.45, 7) is 7.85. The van der Waals surface area contributed by atoms with Crippen molar-refractivity contribution in [3.63, 3.8) is 0 Å². The van der Waals surface area contributed by atoms with Gasteiger partial charge >= 0.3 is 0 Å². The summed E-state index contributed by atoms with van der Waals surface area (Å²) in [4.78, 5) is 9.87. The molecule has 4 aromatic rings. The summed E-state index contributed by atoms with van der Waals surface area (Å²) < 4.78 is 2.09. The van der Waals surface area contributed by atoms with E-state index in [0.717, 1.165) is 49.6 Å². The van der Waals surface area contributed by atoms with Crippen LogP contribution in [0.1, 0.15) is 28.6 Å². The molecule has 1 aromatic heterocycles. The molecule has 1 aliphatic rings. The third-order valence-electron chi connectivity index (χ3n) is 6.74. The van der Waals surface area contributed by atoms with Gasteiger partial charge in [-0.25, -0.2) is 4.98 Å². The van der Waals surface area contributed by atoms with Gasteiger partial charge in [-0.3, -0.25) is 9.80 Å². The normalized spacial score (nSPS) is 15.5. The summed E-state index contributed by atoms with van der Waals surface area (Å²) in [6.07, 6.45) is 0. The maximum Gasteiger partial charge on any atom is 0.106 e. The Balaban J connectivity index is 1.28. The molecule has 5 heteroatoms. The zero-order valence-electron chi connectivity index (χ0n) is 19.3. The summed E-state index contributed by atoms with van der Waals surface area (Å²) in [7, 11) is 0. The highest BCUT2D eigenvalue weighted by molar-refractivity contribution is 5.76. The number of benzene rings is 3. The van der Waals surface area contributed by atoms with Crippen molar-refractivity contribution in [3.8, 4) is 0 Å². The van der Waals surface area contributed by atoms with Crippen LogP contribution in [-0.2, 0) is 13.1 Å². The van der Waals surface area contributed by atoms with Crippen molar-refractivity contribution in [1.29, 1.82) is 0 Å². The summed E-state index contributed by atoms with van der Waals surface area (Å²) >= 11 is 0. The average molecular weight is 441 g/mol. The largest absolute Gasteiger partial charge is 0.395 e. The molecule has 33 heavy (non-hydrogen) atoms. The average Bonchev–Trinajstić information content (AvgIpc) is 3.16. The first-order valence-corrected chi connectivity index (χ1v) is 11.9. The smallest absolute Gasteiger partial charge is 0.106 e. The van der Waals surface area contributed by atoms with Crippen LogP contribution in [0, 0.1) is 6.92 Å². The number of aliphatic hydroxyl groups is 1. The Labute approximate surface area is 195 Å². The minimum atomic E-state index is 0.130. The molecule has 0 spiro atoms. The number of aryl methyl sites for hydroxylation is 1. The fourth-order valence-corrected chi connectivity index (χ4v) is 5.10. The van der Waals surface area contributed by atoms with Gasteiger partial charge in [-0.05, 0) is 35.7 Å². The lowest BCUT2D eigenvalue weighted by Gasteiger charge is -2.39. The van der Waals surface area contributed by atoms with Gasteiger partial charge in [-0.15, -0.1) is 0 Å². The molecule has 0 bridgehead atoms. The van der Waals surface area contributed by atoms with Crippen LogP contribution >= 0.6 is 0 Å². The second-order valence-electron chi connectivity index (χ2n) is 8.89. The predicted molar refractivity (Wildman–Crippen MR) is 133 cm³/mol. The van der Waals surface area contributed by atoms with Crippen molar-refractivity contribution in [2.75, 3.05) is 32.8 Å². The molecule has 1 fully saturated rings. The van der Waals surface area contributed by atoms with Crippen LogP contribution in [0.3, 0.4) is 0 Å². The second kappa shape index (κ2) is 9.87. The molecule has 0 saturated carbocycles. The first-order chi connectivity index (χ1) is 16.2. The van der Waals surface area contributed by atoms with Gasteiger partial charge in [-0.1, -0.05) is 66.7 Å². The number of fused-ring (bicyclic) bond motifs is 1. The van der Waals surface area contributed by atoms with Gasteiger partial charge in [0.25, 0.3) is 0 Å². The third kappa shape index (κ3) is 4.71. The van der Waals surface area contributed by atoms with Gasteiger partial charge in [0.05, 0.1) is 23.7 Å². The zero-order valence-corrected chi connectivity index (χ0v) is 19.3. The Morgan fingerprint density at radius 1 is 0.848 bits per heavy atom. The summed E-state index contributed by atoms with van der Waals surface area (Å²) in [5.41, 5.74) is 6.13. The molecule has 1 saturated heterocycles. The Kier molecular flexibility index (Phi) is 6.53. The van der Waals surface area contributed by atoms with Crippen LogP contribution in [0.25, 0.3) is 11.0 Å². The van der Waals surface area contributed by atoms with Crippen molar-refractivity contribution in [2.24, 2.45) is 0 Å². The lowest BCUT2D eigenvalue weighted by Crippen LogP contribution is -2.47. The van der Waals surface area contributed by atoms with E-state index < -0.39 is 0 Å². The molecule has 0 atom stereocenters. The second-order valence-corrected chi connectivity index (χ2v) is 8.89. The molecule has 5 nitrogen and oxygen atoms in total. The highest BCUT2D eigenvalue weighted by Gasteiger charge is 2.26. The number of imidazole rings is 1. The molecule has 2 heterocycles. The van der Waals surface area contributed by atoms with Crippen molar-refractivity contribution < 1.29 is 5.11 Å². The minimum absolute atomic E-state index is 0.130. The van der Waals surface area contributed by atoms with E-state index in [0.29, 0.717) is 12.6 Å². The number of aromatic nitrogens is 2. The van der Waals surface area contributed by atoms with Crippen molar-refractivity contribution in [2.45, 2.75) is 26.1 Å². The molecule has 1 N–H and O–H groups in total. The maximum absolute atomic E-state index is 9.34. The number of hydrogen-bond donors (Lipinski definition) is 1. The SMILES string of the molecule is Cc1nc2cc(CN3CCN(C(c4ccccc4)c4ccccc4)CC3)ccc2n1CCO. The predicted octanol–water partition coefficient (Wildman–Crippen LogP) is 4.24. The van der Waals surface area contributed by atoms with Crippen LogP contribution in [0.15, 0.2) is 78.9 Å². The van der Waals surface area contributed by atoms with Gasteiger partial charge in [0.15, 0.2) is 0 Å². The van der Waals surface area contributed by atoms with E-state index in [1.54, 1.807) is 0 Å². The number of piperazine rings is 1. The van der Waals surface area contributed by atoms with Crippen LogP contribution in [0.5, 0.6) is 0 Å². The number of rotatable bonds is 7. The van der Waals surface area contributed by atoms with E-state index in [1.807, 2.05) is 6.92 Å². The minimum Gasteiger partial charge on any atom is -0.395 e. The fraction of sp³-hybridized carbons (Fsp3) is 0.321. The van der Waals surface area contributed by atoms with E-state index in [9.17, 15) is 5.11 Å². The topological polar surface area (TPSA) is 44.5 Å². The van der Waals surface area contributed by atoms with Gasteiger partial charge in [0, 0.05) is 39.3 Å². The van der Waals surface area contributed by atoms with Crippen LogP contribution in [0.4, 0.5) is 0 Å². The molecule has 0 radical (unpaired) electrons. The third-order valence-corrected chi connectivity index (χ3v) is 6.74. The number of hydrogen-bond acceptors (Lipinski definition) is 4. The quantitative estimate of drug-likeness (QED) is 0.467. The van der Waals surface area contributed by atoms with Crippen molar-refractivity contribution >= 4 is 11.0 Å². The standard InChI is InChI=1S/C28H32N4O/c1-22-29-26-20-23(12-13-27(26)32(22)18-19-33)21-30-14-16-31(17-15-30)28(24-8-4-2-5-9-24)25-10-6-3-7-11-25/h2-13,20,28,33H,14-19,21H2,1H3. The molecular weight excluding hydrogens is 408 g/mol. The van der Waals surface area contributed by atoms with Crippen molar-refractivity contribution in [1.82, 2.24) is 19.4 Å². The fourth-order valence-electron chi connectivity index (χ4n) is 5.10. The Hall–Kier alpha value is -2.99. The highest BCUT2D eigenvalue weighted by atomic mass is 16.3. The van der Waals surface area contributed by atoms with E-state index in [4.69, 9.17) is 4.98 Å². The van der Waals surface area contributed by atoms with E-state index in [2.05, 4.69) is 93.2 Å². The van der Waals surface area contributed by atoms with Gasteiger partial charge in [0.2, 0.25) is 0 Å². The molecule has 3 aromatic carbocycles. The molecular formula is C28H32N4O. The molecule has 0 aliphatic carbocycles. The molecule has 1 aliphatic heterocycles. The van der Waals surface area contributed by atoms with Crippen LogP contribution in [-0.4, -0.2) is 57.2 Å². The molecule has 0 unspecified atom stereocenters. The van der Waals surface area contributed by atoms with E-state index in [1.165, 1.54) is 16.7 Å².